The highest BCUT2D eigenvalue weighted by atomic mass is 16.2. The average Bonchev–Trinajstić information content (AvgIpc) is 3.27. The van der Waals surface area contributed by atoms with Crippen LogP contribution in [-0.2, 0) is 16.1 Å². The monoisotopic (exact) mass is 288 g/mol. The summed E-state index contributed by atoms with van der Waals surface area (Å²) in [7, 11) is 0. The highest BCUT2D eigenvalue weighted by molar-refractivity contribution is 5.97. The Labute approximate surface area is 124 Å². The maximum absolute atomic E-state index is 12.7. The lowest BCUT2D eigenvalue weighted by atomic mass is 9.95. The Bertz CT molecular complexity index is 542. The van der Waals surface area contributed by atoms with Crippen molar-refractivity contribution in [1.29, 1.82) is 0 Å². The molecule has 0 spiro atoms. The van der Waals surface area contributed by atoms with Crippen molar-refractivity contribution < 1.29 is 9.59 Å². The van der Waals surface area contributed by atoms with Crippen LogP contribution in [0.2, 0.25) is 0 Å². The SMILES string of the molecule is CC(C)C1C(=O)NC(C2CC2)C(=O)N1Cc1ncccn1. The van der Waals surface area contributed by atoms with E-state index in [0.29, 0.717) is 18.3 Å². The fourth-order valence-corrected chi connectivity index (χ4v) is 2.91. The molecule has 0 radical (unpaired) electrons. The van der Waals surface area contributed by atoms with Gasteiger partial charge in [-0.1, -0.05) is 13.8 Å². The standard InChI is InChI=1S/C15H20N4O2/c1-9(2)13-14(20)18-12(10-4-5-10)15(21)19(13)8-11-16-6-3-7-17-11/h3,6-7,9-10,12-13H,4-5,8H2,1-2H3,(H,18,20). The molecule has 2 unspecified atom stereocenters. The van der Waals surface area contributed by atoms with Gasteiger partial charge >= 0.3 is 0 Å². The average molecular weight is 288 g/mol. The van der Waals surface area contributed by atoms with Crippen molar-refractivity contribution in [2.24, 2.45) is 11.8 Å². The number of carbonyl (C=O) groups is 2. The van der Waals surface area contributed by atoms with Gasteiger partial charge in [0, 0.05) is 12.4 Å². The van der Waals surface area contributed by atoms with E-state index in [-0.39, 0.29) is 23.8 Å². The fraction of sp³-hybridized carbons (Fsp3) is 0.600. The molecule has 2 amide bonds. The molecule has 1 N–H and O–H groups in total. The van der Waals surface area contributed by atoms with Crippen LogP contribution in [-0.4, -0.2) is 38.8 Å². The number of nitrogens with one attached hydrogen (secondary N) is 1. The minimum atomic E-state index is -0.448. The van der Waals surface area contributed by atoms with Crippen LogP contribution in [0.3, 0.4) is 0 Å². The van der Waals surface area contributed by atoms with Crippen molar-refractivity contribution in [3.8, 4) is 0 Å². The summed E-state index contributed by atoms with van der Waals surface area (Å²) >= 11 is 0. The molecule has 2 heterocycles. The van der Waals surface area contributed by atoms with Crippen molar-refractivity contribution in [1.82, 2.24) is 20.2 Å². The molecule has 2 aliphatic rings. The van der Waals surface area contributed by atoms with Crippen LogP contribution < -0.4 is 5.32 Å². The molecular formula is C15H20N4O2. The van der Waals surface area contributed by atoms with E-state index in [1.807, 2.05) is 13.8 Å². The van der Waals surface area contributed by atoms with Crippen LogP contribution in [0.1, 0.15) is 32.5 Å². The Kier molecular flexibility index (Phi) is 3.61. The van der Waals surface area contributed by atoms with Gasteiger partial charge in [0.15, 0.2) is 0 Å². The van der Waals surface area contributed by atoms with E-state index in [1.54, 1.807) is 23.4 Å². The van der Waals surface area contributed by atoms with Crippen LogP contribution in [0.15, 0.2) is 18.5 Å². The first-order valence-corrected chi connectivity index (χ1v) is 7.44. The van der Waals surface area contributed by atoms with E-state index in [4.69, 9.17) is 0 Å². The number of piperazine rings is 1. The topological polar surface area (TPSA) is 75.2 Å². The van der Waals surface area contributed by atoms with E-state index in [2.05, 4.69) is 15.3 Å². The molecule has 1 aliphatic heterocycles. The van der Waals surface area contributed by atoms with Crippen LogP contribution in [0.5, 0.6) is 0 Å². The van der Waals surface area contributed by atoms with Gasteiger partial charge in [0.1, 0.15) is 17.9 Å². The number of hydrogen-bond donors (Lipinski definition) is 1. The normalized spacial score (nSPS) is 26.1. The largest absolute Gasteiger partial charge is 0.342 e. The number of carbonyl (C=O) groups excluding carboxylic acids is 2. The summed E-state index contributed by atoms with van der Waals surface area (Å²) < 4.78 is 0. The van der Waals surface area contributed by atoms with E-state index >= 15 is 0 Å². The number of nitrogens with zero attached hydrogens (tertiary/aromatic N) is 3. The zero-order valence-electron chi connectivity index (χ0n) is 12.3. The molecule has 2 atom stereocenters. The third kappa shape index (κ3) is 2.75. The quantitative estimate of drug-likeness (QED) is 0.886. The van der Waals surface area contributed by atoms with Crippen molar-refractivity contribution in [2.45, 2.75) is 45.3 Å². The molecule has 1 saturated carbocycles. The fourth-order valence-electron chi connectivity index (χ4n) is 2.91. The maximum Gasteiger partial charge on any atom is 0.246 e. The summed E-state index contributed by atoms with van der Waals surface area (Å²) in [5.41, 5.74) is 0. The van der Waals surface area contributed by atoms with Gasteiger partial charge < -0.3 is 10.2 Å². The molecule has 6 nitrogen and oxygen atoms in total. The summed E-state index contributed by atoms with van der Waals surface area (Å²) in [6.07, 6.45) is 5.33. The van der Waals surface area contributed by atoms with E-state index in [1.165, 1.54) is 0 Å². The van der Waals surface area contributed by atoms with Crippen molar-refractivity contribution in [3.63, 3.8) is 0 Å². The molecular weight excluding hydrogens is 268 g/mol. The third-order valence-electron chi connectivity index (χ3n) is 4.11. The minimum Gasteiger partial charge on any atom is -0.342 e. The Balaban J connectivity index is 1.86. The Hall–Kier alpha value is -1.98. The number of rotatable bonds is 4. The van der Waals surface area contributed by atoms with Crippen molar-refractivity contribution >= 4 is 11.8 Å². The second-order valence-corrected chi connectivity index (χ2v) is 6.14. The number of amides is 2. The lowest BCUT2D eigenvalue weighted by molar-refractivity contribution is -0.152. The first-order chi connectivity index (χ1) is 10.1. The molecule has 1 aromatic heterocycles. The second-order valence-electron chi connectivity index (χ2n) is 6.14. The van der Waals surface area contributed by atoms with E-state index in [9.17, 15) is 9.59 Å². The molecule has 3 rings (SSSR count). The Morgan fingerprint density at radius 3 is 2.52 bits per heavy atom. The zero-order chi connectivity index (χ0) is 15.0. The molecule has 1 aromatic rings. The highest BCUT2D eigenvalue weighted by Crippen LogP contribution is 2.35. The summed E-state index contributed by atoms with van der Waals surface area (Å²) in [6, 6.07) is 0.925. The van der Waals surface area contributed by atoms with Gasteiger partial charge in [-0.3, -0.25) is 9.59 Å². The van der Waals surface area contributed by atoms with Crippen LogP contribution in [0.25, 0.3) is 0 Å². The summed E-state index contributed by atoms with van der Waals surface area (Å²) in [5.74, 6) is 0.869. The zero-order valence-corrected chi connectivity index (χ0v) is 12.3. The first kappa shape index (κ1) is 14.0. The molecule has 1 aliphatic carbocycles. The van der Waals surface area contributed by atoms with Gasteiger partial charge in [-0.2, -0.15) is 0 Å². The summed E-state index contributed by atoms with van der Waals surface area (Å²) in [5, 5.41) is 2.90. The molecule has 21 heavy (non-hydrogen) atoms. The predicted molar refractivity (Wildman–Crippen MR) is 75.9 cm³/mol. The first-order valence-electron chi connectivity index (χ1n) is 7.44. The smallest absolute Gasteiger partial charge is 0.246 e. The number of aromatic nitrogens is 2. The predicted octanol–water partition coefficient (Wildman–Crippen LogP) is 0.738. The summed E-state index contributed by atoms with van der Waals surface area (Å²) in [4.78, 5) is 35.1. The molecule has 0 bridgehead atoms. The summed E-state index contributed by atoms with van der Waals surface area (Å²) in [6.45, 7) is 4.20. The van der Waals surface area contributed by atoms with Crippen LogP contribution in [0, 0.1) is 11.8 Å². The number of hydrogen-bond acceptors (Lipinski definition) is 4. The van der Waals surface area contributed by atoms with Crippen LogP contribution in [0.4, 0.5) is 0 Å². The van der Waals surface area contributed by atoms with Crippen molar-refractivity contribution in [3.05, 3.63) is 24.3 Å². The Morgan fingerprint density at radius 1 is 1.29 bits per heavy atom. The highest BCUT2D eigenvalue weighted by Gasteiger charge is 2.47. The molecule has 1 saturated heterocycles. The van der Waals surface area contributed by atoms with Gasteiger partial charge in [0.05, 0.1) is 6.54 Å². The lowest BCUT2D eigenvalue weighted by Gasteiger charge is -2.40. The molecule has 6 heteroatoms. The van der Waals surface area contributed by atoms with Crippen molar-refractivity contribution in [2.75, 3.05) is 0 Å². The molecule has 2 fully saturated rings. The van der Waals surface area contributed by atoms with Gasteiger partial charge in [0.2, 0.25) is 11.8 Å². The lowest BCUT2D eigenvalue weighted by Crippen LogP contribution is -2.65. The van der Waals surface area contributed by atoms with Gasteiger partial charge in [-0.25, -0.2) is 9.97 Å². The van der Waals surface area contributed by atoms with Gasteiger partial charge in [0.25, 0.3) is 0 Å². The van der Waals surface area contributed by atoms with Gasteiger partial charge in [-0.05, 0) is 30.7 Å². The third-order valence-corrected chi connectivity index (χ3v) is 4.11. The molecule has 112 valence electrons. The van der Waals surface area contributed by atoms with E-state index in [0.717, 1.165) is 12.8 Å². The Morgan fingerprint density at radius 2 is 1.95 bits per heavy atom. The maximum atomic E-state index is 12.7. The van der Waals surface area contributed by atoms with E-state index < -0.39 is 6.04 Å². The van der Waals surface area contributed by atoms with Crippen LogP contribution >= 0.6 is 0 Å². The van der Waals surface area contributed by atoms with Gasteiger partial charge in [-0.15, -0.1) is 0 Å². The minimum absolute atomic E-state index is 0.00301. The second kappa shape index (κ2) is 5.42. The molecule has 0 aromatic carbocycles.